The van der Waals surface area contributed by atoms with Crippen LogP contribution in [-0.4, -0.2) is 60.6 Å². The first-order valence-corrected chi connectivity index (χ1v) is 14.1. The number of fused-ring (bicyclic) bond motifs is 2. The topological polar surface area (TPSA) is 54.7 Å². The maximum atomic E-state index is 9.01. The van der Waals surface area contributed by atoms with E-state index in [1.807, 2.05) is 0 Å². The summed E-state index contributed by atoms with van der Waals surface area (Å²) in [6.45, 7) is 9.35. The van der Waals surface area contributed by atoms with Gasteiger partial charge >= 0.3 is 159 Å². The van der Waals surface area contributed by atoms with Crippen LogP contribution in [0.25, 0.3) is 0 Å². The minimum absolute atomic E-state index is 0.0768. The summed E-state index contributed by atoms with van der Waals surface area (Å²) < 4.78 is 21.0. The Morgan fingerprint density at radius 2 is 2.08 bits per heavy atom. The van der Waals surface area contributed by atoms with E-state index < -0.39 is 11.8 Å². The zero-order valence-electron chi connectivity index (χ0n) is 14.9. The molecule has 0 aromatic heterocycles. The number of rotatable bonds is 11. The van der Waals surface area contributed by atoms with E-state index in [0.29, 0.717) is 13.0 Å². The van der Waals surface area contributed by atoms with Crippen LogP contribution in [0.2, 0.25) is 0 Å². The van der Waals surface area contributed by atoms with Crippen molar-refractivity contribution in [3.63, 3.8) is 0 Å². The molecule has 5 atom stereocenters. The van der Waals surface area contributed by atoms with E-state index in [9.17, 15) is 0 Å². The van der Waals surface area contributed by atoms with Crippen molar-refractivity contribution >= 4 is 13.6 Å². The molecule has 2 rings (SSSR count). The van der Waals surface area contributed by atoms with Crippen LogP contribution < -0.4 is 20.9 Å². The van der Waals surface area contributed by atoms with Crippen molar-refractivity contribution in [1.82, 2.24) is 3.11 Å². The zero-order valence-corrected chi connectivity index (χ0v) is 18.0. The molecule has 2 aliphatic heterocycles. The van der Waals surface area contributed by atoms with Gasteiger partial charge in [-0.2, -0.15) is 0 Å². The molecule has 24 heavy (non-hydrogen) atoms. The van der Waals surface area contributed by atoms with Crippen LogP contribution in [0.4, 0.5) is 0 Å². The molecular weight excluding hydrogens is 437 g/mol. The number of halogens is 1. The molecule has 2 radical (unpaired) electrons. The van der Waals surface area contributed by atoms with Crippen LogP contribution in [0.5, 0.6) is 0 Å². The Bertz CT molecular complexity index is 436. The summed E-state index contributed by atoms with van der Waals surface area (Å²) in [6.07, 6.45) is 4.32. The fourth-order valence-corrected chi connectivity index (χ4v) is 11.3. The fourth-order valence-electron chi connectivity index (χ4n) is 3.12. The summed E-state index contributed by atoms with van der Waals surface area (Å²) in [5.74, 6) is -0.612. The number of ether oxygens (including phenoxy) is 2. The molecule has 1 unspecified atom stereocenters. The molecule has 0 spiro atoms. The summed E-state index contributed by atoms with van der Waals surface area (Å²) in [5.41, 5.74) is -0.388. The molecule has 2 heterocycles. The van der Waals surface area contributed by atoms with E-state index in [4.69, 9.17) is 27.1 Å². The Kier molecular flexibility index (Phi) is 8.72. The summed E-state index contributed by atoms with van der Waals surface area (Å²) in [5, 5.41) is 9.01. The van der Waals surface area contributed by atoms with Crippen molar-refractivity contribution < 1.29 is 34.9 Å². The molecule has 0 aromatic carbocycles. The monoisotopic (exact) mass is 465 g/mol. The van der Waals surface area contributed by atoms with E-state index in [0.717, 1.165) is 38.5 Å². The van der Waals surface area contributed by atoms with Gasteiger partial charge in [-0.3, -0.25) is 0 Å². The first kappa shape index (κ1) is 20.9. The molecule has 0 amide bonds. The Morgan fingerprint density at radius 1 is 1.38 bits per heavy atom. The van der Waals surface area contributed by atoms with E-state index in [1.54, 1.807) is 0 Å². The average molecular weight is 465 g/mol. The second-order valence-electron chi connectivity index (χ2n) is 6.24. The molecule has 2 bridgehead atoms. The average Bonchev–Trinajstić information content (AvgIpc) is 3.04. The zero-order chi connectivity index (χ0) is 17.6. The molecule has 0 aliphatic carbocycles. The molecule has 0 N–H and O–H groups in total. The maximum absolute atomic E-state index is 9.01. The van der Waals surface area contributed by atoms with Crippen LogP contribution in [-0.2, 0) is 14.0 Å². The van der Waals surface area contributed by atoms with Gasteiger partial charge in [0.15, 0.2) is 0 Å². The molecule has 0 aromatic rings. The molecule has 0 saturated carbocycles. The number of hydrogen-bond donors (Lipinski definition) is 0. The van der Waals surface area contributed by atoms with Gasteiger partial charge in [0.2, 0.25) is 0 Å². The van der Waals surface area contributed by atoms with Gasteiger partial charge in [-0.15, -0.1) is 0 Å². The van der Waals surface area contributed by atoms with Gasteiger partial charge in [0.05, 0.1) is 0 Å². The third-order valence-electron chi connectivity index (χ3n) is 4.38. The normalized spacial score (nSPS) is 33.2. The molecule has 8 heteroatoms. The van der Waals surface area contributed by atoms with Gasteiger partial charge in [-0.25, -0.2) is 0 Å². The molecule has 2 saturated heterocycles. The number of hydrogen-bond acceptors (Lipinski definition) is 5. The van der Waals surface area contributed by atoms with Gasteiger partial charge in [0.1, 0.15) is 0 Å². The van der Waals surface area contributed by atoms with E-state index in [-0.39, 0.29) is 38.7 Å². The molecule has 2 aliphatic rings. The Morgan fingerprint density at radius 3 is 2.62 bits per heavy atom. The second-order valence-corrected chi connectivity index (χ2v) is 13.6. The van der Waals surface area contributed by atoms with Gasteiger partial charge in [-0.05, 0) is 0 Å². The first-order valence-electron chi connectivity index (χ1n) is 8.86. The van der Waals surface area contributed by atoms with Crippen LogP contribution in [0.3, 0.4) is 0 Å². The number of nitrogens with zero attached hydrogens (tertiary/aromatic N) is 2. The summed E-state index contributed by atoms with van der Waals surface area (Å²) in [7, 11) is 6.07. The van der Waals surface area contributed by atoms with Crippen LogP contribution in [0, 0.1) is 11.3 Å². The Balaban J connectivity index is 2.04. The second kappa shape index (κ2) is 10.0. The minimum atomic E-state index is -0.612. The predicted molar refractivity (Wildman–Crippen MR) is 92.4 cm³/mol. The fraction of sp³-hybridized carbons (Fsp3) is 0.938. The van der Waals surface area contributed by atoms with Crippen molar-refractivity contribution in [3.8, 4) is 6.07 Å². The van der Waals surface area contributed by atoms with Crippen LogP contribution in [0.15, 0.2) is 0 Å². The van der Waals surface area contributed by atoms with Crippen molar-refractivity contribution in [2.24, 2.45) is 0 Å². The van der Waals surface area contributed by atoms with Crippen molar-refractivity contribution in [3.05, 3.63) is 0 Å². The molecule has 136 valence electrons. The molecule has 5 nitrogen and oxygen atoms in total. The van der Waals surface area contributed by atoms with Crippen LogP contribution >= 0.6 is 5.79 Å². The SMILES string of the molecule is [B][C@@H]1O[C@@]2(CC)CO[C@@H]1[C@@H]2OP(CCC#N)[I-]N(CCC)CCC. The van der Waals surface area contributed by atoms with Crippen molar-refractivity contribution in [2.75, 3.05) is 25.9 Å². The van der Waals surface area contributed by atoms with Crippen molar-refractivity contribution in [1.29, 1.82) is 5.26 Å². The quantitative estimate of drug-likeness (QED) is 0.183. The third kappa shape index (κ3) is 4.84. The number of nitriles is 1. The predicted octanol–water partition coefficient (Wildman–Crippen LogP) is -0.204. The van der Waals surface area contributed by atoms with E-state index >= 15 is 0 Å². The Labute approximate surface area is 159 Å². The van der Waals surface area contributed by atoms with Gasteiger partial charge in [0.25, 0.3) is 0 Å². The summed E-state index contributed by atoms with van der Waals surface area (Å²) in [4.78, 5) is 0. The first-order chi connectivity index (χ1) is 11.6. The van der Waals surface area contributed by atoms with E-state index in [2.05, 4.69) is 30.0 Å². The standard InChI is InChI=1S/C16H28BIN2O3P/c1-4-9-20(10-5-2)18-24(11-7-8-19)23-14-13-15(17)22-16(14,6-3)12-21-13/h13-15H,4-7,9-12H2,1-3H3/q-1/t13-,14+,15-,16+,24?/m1/s1. The third-order valence-corrected chi connectivity index (χ3v) is 12.2. The van der Waals surface area contributed by atoms with E-state index in [1.165, 1.54) is 0 Å². The van der Waals surface area contributed by atoms with Crippen LogP contribution in [0.1, 0.15) is 46.5 Å². The summed E-state index contributed by atoms with van der Waals surface area (Å²) >= 11 is -0.231. The molecular formula is C16H28BIN2O3P-. The molecule has 2 fully saturated rings. The van der Waals surface area contributed by atoms with Crippen molar-refractivity contribution in [2.45, 2.75) is 70.3 Å². The Hall–Kier alpha value is 0.555. The van der Waals surface area contributed by atoms with Gasteiger partial charge in [-0.1, -0.05) is 0 Å². The summed E-state index contributed by atoms with van der Waals surface area (Å²) in [6, 6.07) is 1.89. The van der Waals surface area contributed by atoms with Gasteiger partial charge in [0, 0.05) is 0 Å². The van der Waals surface area contributed by atoms with Gasteiger partial charge < -0.3 is 0 Å².